The molecule has 0 aromatic rings. The van der Waals surface area contributed by atoms with Gasteiger partial charge in [0.1, 0.15) is 0 Å². The van der Waals surface area contributed by atoms with Crippen molar-refractivity contribution in [3.05, 3.63) is 11.6 Å². The summed E-state index contributed by atoms with van der Waals surface area (Å²) in [5.74, 6) is 1.32. The van der Waals surface area contributed by atoms with Crippen molar-refractivity contribution in [2.24, 2.45) is 38.9 Å². The Balaban J connectivity index is 1.58. The van der Waals surface area contributed by atoms with Crippen LogP contribution >= 0.6 is 0 Å². The van der Waals surface area contributed by atoms with Crippen LogP contribution in [0.15, 0.2) is 11.6 Å². The standard InChI is InChI=1S/C30H52O3/c1-25(2)20-9-11-22-29(7,21(20)10-12-23(25)31)17-16-28(6)19-27(5,15-18-30(22,28)8)14-13-24(32)26(3,4)33/h9,21-24,31-33H,10-19H2,1-8H3/t21-,22+,23+,24+,27-,28+,29+,30-/m0/s1. The highest BCUT2D eigenvalue weighted by Gasteiger charge is 2.65. The quantitative estimate of drug-likeness (QED) is 0.412. The Labute approximate surface area is 203 Å². The van der Waals surface area contributed by atoms with E-state index in [0.29, 0.717) is 34.5 Å². The van der Waals surface area contributed by atoms with Crippen LogP contribution in [0.25, 0.3) is 0 Å². The molecule has 3 saturated carbocycles. The maximum absolute atomic E-state index is 10.8. The van der Waals surface area contributed by atoms with Gasteiger partial charge in [0.05, 0.1) is 17.8 Å². The fraction of sp³-hybridized carbons (Fsp3) is 0.933. The average Bonchev–Trinajstić information content (AvgIpc) is 2.70. The van der Waals surface area contributed by atoms with Crippen LogP contribution in [0.2, 0.25) is 0 Å². The van der Waals surface area contributed by atoms with E-state index in [1.165, 1.54) is 38.5 Å². The zero-order chi connectivity index (χ0) is 24.7. The molecule has 3 heteroatoms. The van der Waals surface area contributed by atoms with E-state index in [4.69, 9.17) is 0 Å². The van der Waals surface area contributed by atoms with Crippen molar-refractivity contribution in [1.82, 2.24) is 0 Å². The van der Waals surface area contributed by atoms with Gasteiger partial charge in [0.15, 0.2) is 0 Å². The first-order chi connectivity index (χ1) is 15.0. The maximum Gasteiger partial charge on any atom is 0.0849 e. The monoisotopic (exact) mass is 460 g/mol. The smallest absolute Gasteiger partial charge is 0.0849 e. The lowest BCUT2D eigenvalue weighted by molar-refractivity contribution is -0.185. The summed E-state index contributed by atoms with van der Waals surface area (Å²) in [4.78, 5) is 0. The predicted molar refractivity (Wildman–Crippen MR) is 136 cm³/mol. The SMILES string of the molecule is CC(C)(O)[C@H](O)CC[C@@]1(C)CC[C@@]2(C)[C@@H]3CC=C4[C@H](CC[C@@H](O)C4(C)C)[C@@]3(C)CC[C@]2(C)C1. The van der Waals surface area contributed by atoms with E-state index in [-0.39, 0.29) is 16.9 Å². The fourth-order valence-electron chi connectivity index (χ4n) is 9.33. The van der Waals surface area contributed by atoms with Gasteiger partial charge < -0.3 is 15.3 Å². The fourth-order valence-corrected chi connectivity index (χ4v) is 9.33. The highest BCUT2D eigenvalue weighted by atomic mass is 16.3. The van der Waals surface area contributed by atoms with Crippen LogP contribution in [0.1, 0.15) is 120 Å². The van der Waals surface area contributed by atoms with Crippen molar-refractivity contribution >= 4 is 0 Å². The van der Waals surface area contributed by atoms with Crippen molar-refractivity contribution < 1.29 is 15.3 Å². The summed E-state index contributed by atoms with van der Waals surface area (Å²) in [6.07, 6.45) is 12.9. The number of allylic oxidation sites excluding steroid dienone is 1. The molecule has 3 nitrogen and oxygen atoms in total. The molecule has 0 amide bonds. The molecule has 33 heavy (non-hydrogen) atoms. The van der Waals surface area contributed by atoms with Gasteiger partial charge in [-0.15, -0.1) is 0 Å². The van der Waals surface area contributed by atoms with Crippen LogP contribution < -0.4 is 0 Å². The molecule has 4 aliphatic carbocycles. The Morgan fingerprint density at radius 1 is 1.00 bits per heavy atom. The van der Waals surface area contributed by atoms with Crippen molar-refractivity contribution in [3.8, 4) is 0 Å². The first kappa shape index (κ1) is 25.7. The number of fused-ring (bicyclic) bond motifs is 5. The molecule has 0 spiro atoms. The lowest BCUT2D eigenvalue weighted by Gasteiger charge is -2.69. The van der Waals surface area contributed by atoms with Gasteiger partial charge in [0, 0.05) is 5.41 Å². The molecule has 0 heterocycles. The van der Waals surface area contributed by atoms with Gasteiger partial charge in [0.25, 0.3) is 0 Å². The minimum Gasteiger partial charge on any atom is -0.392 e. The molecule has 0 aliphatic heterocycles. The molecule has 0 aromatic carbocycles. The normalized spacial score (nSPS) is 48.2. The van der Waals surface area contributed by atoms with Crippen molar-refractivity contribution in [2.75, 3.05) is 0 Å². The van der Waals surface area contributed by atoms with Crippen molar-refractivity contribution in [3.63, 3.8) is 0 Å². The molecule has 4 aliphatic rings. The lowest BCUT2D eigenvalue weighted by atomic mass is 9.35. The van der Waals surface area contributed by atoms with Gasteiger partial charge in [0.2, 0.25) is 0 Å². The second kappa shape index (κ2) is 7.81. The third kappa shape index (κ3) is 3.87. The first-order valence-electron chi connectivity index (χ1n) is 13.8. The minimum atomic E-state index is -1.02. The molecule has 0 unspecified atom stereocenters. The van der Waals surface area contributed by atoms with Gasteiger partial charge in [-0.05, 0) is 112 Å². The second-order valence-electron chi connectivity index (χ2n) is 15.0. The summed E-state index contributed by atoms with van der Waals surface area (Å²) in [5, 5.41) is 31.4. The van der Waals surface area contributed by atoms with Crippen LogP contribution in [-0.4, -0.2) is 33.1 Å². The molecule has 3 N–H and O–H groups in total. The van der Waals surface area contributed by atoms with Crippen LogP contribution in [-0.2, 0) is 0 Å². The number of hydrogen-bond acceptors (Lipinski definition) is 3. The molecule has 0 bridgehead atoms. The van der Waals surface area contributed by atoms with Gasteiger partial charge >= 0.3 is 0 Å². The van der Waals surface area contributed by atoms with Crippen LogP contribution in [0.3, 0.4) is 0 Å². The maximum atomic E-state index is 10.8. The molecule has 4 rings (SSSR count). The summed E-state index contributed by atoms with van der Waals surface area (Å²) in [6.45, 7) is 18.2. The Kier molecular flexibility index (Phi) is 6.08. The third-order valence-corrected chi connectivity index (χ3v) is 12.1. The van der Waals surface area contributed by atoms with E-state index < -0.39 is 11.7 Å². The van der Waals surface area contributed by atoms with Crippen molar-refractivity contribution in [1.29, 1.82) is 0 Å². The highest BCUT2D eigenvalue weighted by molar-refractivity contribution is 5.30. The number of aliphatic hydroxyl groups is 3. The zero-order valence-electron chi connectivity index (χ0n) is 22.8. The van der Waals surface area contributed by atoms with Gasteiger partial charge in [-0.2, -0.15) is 0 Å². The molecule has 8 atom stereocenters. The molecule has 0 aromatic heterocycles. The Morgan fingerprint density at radius 3 is 2.30 bits per heavy atom. The summed E-state index contributed by atoms with van der Waals surface area (Å²) >= 11 is 0. The van der Waals surface area contributed by atoms with Gasteiger partial charge in [-0.3, -0.25) is 0 Å². The molecular formula is C30H52O3. The van der Waals surface area contributed by atoms with E-state index in [0.717, 1.165) is 19.3 Å². The van der Waals surface area contributed by atoms with Crippen LogP contribution in [0, 0.1) is 38.9 Å². The highest BCUT2D eigenvalue weighted by Crippen LogP contribution is 2.73. The number of aliphatic hydroxyl groups excluding tert-OH is 2. The summed E-state index contributed by atoms with van der Waals surface area (Å²) in [6, 6.07) is 0. The topological polar surface area (TPSA) is 60.7 Å². The van der Waals surface area contributed by atoms with Crippen molar-refractivity contribution in [2.45, 2.75) is 137 Å². The van der Waals surface area contributed by atoms with Crippen LogP contribution in [0.5, 0.6) is 0 Å². The molecule has 0 saturated heterocycles. The number of rotatable bonds is 4. The van der Waals surface area contributed by atoms with E-state index in [1.807, 2.05) is 0 Å². The van der Waals surface area contributed by atoms with E-state index >= 15 is 0 Å². The van der Waals surface area contributed by atoms with E-state index in [2.05, 4.69) is 47.6 Å². The van der Waals surface area contributed by atoms with Crippen LogP contribution in [0.4, 0.5) is 0 Å². The zero-order valence-corrected chi connectivity index (χ0v) is 22.8. The summed E-state index contributed by atoms with van der Waals surface area (Å²) in [5.41, 5.74) is 1.65. The van der Waals surface area contributed by atoms with E-state index in [1.54, 1.807) is 19.4 Å². The lowest BCUT2D eigenvalue weighted by Crippen LogP contribution is -2.61. The molecule has 190 valence electrons. The third-order valence-electron chi connectivity index (χ3n) is 12.1. The molecular weight excluding hydrogens is 408 g/mol. The Morgan fingerprint density at radius 2 is 1.67 bits per heavy atom. The largest absolute Gasteiger partial charge is 0.392 e. The Hall–Kier alpha value is -0.380. The second-order valence-corrected chi connectivity index (χ2v) is 15.0. The molecule has 3 fully saturated rings. The molecule has 0 radical (unpaired) electrons. The average molecular weight is 461 g/mol. The summed E-state index contributed by atoms with van der Waals surface area (Å²) in [7, 11) is 0. The van der Waals surface area contributed by atoms with Gasteiger partial charge in [-0.1, -0.05) is 53.2 Å². The number of hydrogen-bond donors (Lipinski definition) is 3. The minimum absolute atomic E-state index is 0.0923. The summed E-state index contributed by atoms with van der Waals surface area (Å²) < 4.78 is 0. The van der Waals surface area contributed by atoms with Gasteiger partial charge in [-0.25, -0.2) is 0 Å². The van der Waals surface area contributed by atoms with E-state index in [9.17, 15) is 15.3 Å². The first-order valence-corrected chi connectivity index (χ1v) is 13.8. The Bertz CT molecular complexity index is 793. The predicted octanol–water partition coefficient (Wildman–Crippen LogP) is 6.64.